The lowest BCUT2D eigenvalue weighted by Gasteiger charge is -2.37. The van der Waals surface area contributed by atoms with Crippen molar-refractivity contribution < 1.29 is 0 Å². The van der Waals surface area contributed by atoms with Crippen molar-refractivity contribution in [3.63, 3.8) is 0 Å². The summed E-state index contributed by atoms with van der Waals surface area (Å²) in [5.41, 5.74) is 24.2. The molecule has 0 bridgehead atoms. The summed E-state index contributed by atoms with van der Waals surface area (Å²) < 4.78 is 0. The summed E-state index contributed by atoms with van der Waals surface area (Å²) in [6.45, 7) is 10.5. The largest absolute Gasteiger partial charge is 0.330 e. The van der Waals surface area contributed by atoms with E-state index in [1.165, 1.54) is 25.7 Å². The first kappa shape index (κ1) is 21.8. The highest BCUT2D eigenvalue weighted by Gasteiger charge is 2.31. The van der Waals surface area contributed by atoms with Crippen molar-refractivity contribution in [3.8, 4) is 0 Å². The smallest absolute Gasteiger partial charge is 0.0244 e. The van der Waals surface area contributed by atoms with Gasteiger partial charge in [-0.3, -0.25) is 0 Å². The highest BCUT2D eigenvalue weighted by atomic mass is 14.8. The van der Waals surface area contributed by atoms with E-state index in [1.807, 2.05) is 0 Å². The maximum atomic E-state index is 6.45. The van der Waals surface area contributed by atoms with Crippen LogP contribution in [-0.2, 0) is 0 Å². The topological polar surface area (TPSA) is 104 Å². The summed E-state index contributed by atoms with van der Waals surface area (Å²) >= 11 is 0. The van der Waals surface area contributed by atoms with Crippen molar-refractivity contribution in [2.45, 2.75) is 84.7 Å². The third-order valence-corrected chi connectivity index (χ3v) is 5.03. The third kappa shape index (κ3) is 9.09. The Bertz CT molecular complexity index is 268. The molecule has 0 saturated carbocycles. The predicted molar refractivity (Wildman–Crippen MR) is 98.5 cm³/mol. The monoisotopic (exact) mass is 314 g/mol. The zero-order valence-electron chi connectivity index (χ0n) is 15.5. The van der Waals surface area contributed by atoms with Gasteiger partial charge in [0.1, 0.15) is 0 Å². The zero-order chi connectivity index (χ0) is 17.2. The normalized spacial score (nSPS) is 18.0. The molecule has 0 radical (unpaired) electrons. The first-order valence-corrected chi connectivity index (χ1v) is 9.15. The van der Waals surface area contributed by atoms with E-state index < -0.39 is 0 Å². The molecule has 0 aliphatic rings. The Balaban J connectivity index is 4.05. The quantitative estimate of drug-likeness (QED) is 0.392. The number of hydrogen-bond acceptors (Lipinski definition) is 4. The number of nitrogens with two attached hydrogens (primary N) is 4. The van der Waals surface area contributed by atoms with Gasteiger partial charge in [0.15, 0.2) is 0 Å². The van der Waals surface area contributed by atoms with Gasteiger partial charge in [-0.1, -0.05) is 47.0 Å². The van der Waals surface area contributed by atoms with Crippen LogP contribution < -0.4 is 22.9 Å². The minimum atomic E-state index is 0.0516. The SMILES string of the molecule is CC(CN)CCCCCC(N)C(N)C(C)(C)CC(C)CCN. The molecule has 0 amide bonds. The van der Waals surface area contributed by atoms with Gasteiger partial charge in [-0.2, -0.15) is 0 Å². The molecule has 22 heavy (non-hydrogen) atoms. The first-order valence-electron chi connectivity index (χ1n) is 9.15. The molecule has 0 rings (SSSR count). The van der Waals surface area contributed by atoms with Crippen LogP contribution in [0, 0.1) is 17.3 Å². The second-order valence-electron chi connectivity index (χ2n) is 8.04. The average Bonchev–Trinajstić information content (AvgIpc) is 2.45. The molecule has 0 saturated heterocycles. The van der Waals surface area contributed by atoms with Gasteiger partial charge in [0.25, 0.3) is 0 Å². The Kier molecular flexibility index (Phi) is 11.3. The van der Waals surface area contributed by atoms with E-state index in [-0.39, 0.29) is 17.5 Å². The Morgan fingerprint density at radius 2 is 1.41 bits per heavy atom. The van der Waals surface area contributed by atoms with Crippen LogP contribution in [0.25, 0.3) is 0 Å². The highest BCUT2D eigenvalue weighted by molar-refractivity contribution is 4.90. The van der Waals surface area contributed by atoms with Crippen LogP contribution in [0.15, 0.2) is 0 Å². The fraction of sp³-hybridized carbons (Fsp3) is 1.00. The number of rotatable bonds is 13. The predicted octanol–water partition coefficient (Wildman–Crippen LogP) is 2.59. The van der Waals surface area contributed by atoms with Crippen LogP contribution in [0.2, 0.25) is 0 Å². The van der Waals surface area contributed by atoms with Gasteiger partial charge in [-0.15, -0.1) is 0 Å². The molecule has 4 heteroatoms. The second-order valence-corrected chi connectivity index (χ2v) is 8.04. The van der Waals surface area contributed by atoms with Gasteiger partial charge >= 0.3 is 0 Å². The van der Waals surface area contributed by atoms with E-state index in [1.54, 1.807) is 0 Å². The van der Waals surface area contributed by atoms with Gasteiger partial charge in [0.05, 0.1) is 0 Å². The molecule has 4 nitrogen and oxygen atoms in total. The lowest BCUT2D eigenvalue weighted by atomic mass is 9.73. The maximum Gasteiger partial charge on any atom is 0.0244 e. The fourth-order valence-corrected chi connectivity index (χ4v) is 3.35. The van der Waals surface area contributed by atoms with Crippen LogP contribution in [0.5, 0.6) is 0 Å². The van der Waals surface area contributed by atoms with Crippen molar-refractivity contribution in [3.05, 3.63) is 0 Å². The average molecular weight is 315 g/mol. The van der Waals surface area contributed by atoms with E-state index >= 15 is 0 Å². The molecular formula is C18H42N4. The summed E-state index contributed by atoms with van der Waals surface area (Å²) in [5, 5.41) is 0. The molecule has 0 heterocycles. The summed E-state index contributed by atoms with van der Waals surface area (Å²) in [5.74, 6) is 1.25. The van der Waals surface area contributed by atoms with Crippen molar-refractivity contribution in [1.29, 1.82) is 0 Å². The second kappa shape index (κ2) is 11.4. The summed E-state index contributed by atoms with van der Waals surface area (Å²) in [6.07, 6.45) is 8.04. The van der Waals surface area contributed by atoms with Crippen molar-refractivity contribution in [2.24, 2.45) is 40.2 Å². The maximum absolute atomic E-state index is 6.45. The van der Waals surface area contributed by atoms with Crippen LogP contribution in [0.4, 0.5) is 0 Å². The molecule has 0 spiro atoms. The van der Waals surface area contributed by atoms with E-state index in [9.17, 15) is 0 Å². The Morgan fingerprint density at radius 3 is 1.95 bits per heavy atom. The van der Waals surface area contributed by atoms with Crippen molar-refractivity contribution >= 4 is 0 Å². The lowest BCUT2D eigenvalue weighted by Crippen LogP contribution is -2.51. The minimum absolute atomic E-state index is 0.0516. The van der Waals surface area contributed by atoms with Crippen molar-refractivity contribution in [1.82, 2.24) is 0 Å². The molecule has 4 atom stereocenters. The Morgan fingerprint density at radius 1 is 0.818 bits per heavy atom. The van der Waals surface area contributed by atoms with Gasteiger partial charge in [-0.05, 0) is 56.0 Å². The van der Waals surface area contributed by atoms with Gasteiger partial charge < -0.3 is 22.9 Å². The first-order chi connectivity index (χ1) is 10.2. The van der Waals surface area contributed by atoms with Gasteiger partial charge in [0, 0.05) is 12.1 Å². The van der Waals surface area contributed by atoms with E-state index in [4.69, 9.17) is 22.9 Å². The molecular weight excluding hydrogens is 272 g/mol. The standard InChI is InChI=1S/C18H42N4/c1-14(10-11-19)12-18(3,4)17(22)16(21)9-7-5-6-8-15(2)13-20/h14-17H,5-13,19-22H2,1-4H3. The molecule has 0 aromatic heterocycles. The Labute approximate surface area is 138 Å². The van der Waals surface area contributed by atoms with E-state index in [2.05, 4.69) is 27.7 Å². The van der Waals surface area contributed by atoms with E-state index in [0.29, 0.717) is 11.8 Å². The summed E-state index contributed by atoms with van der Waals surface area (Å²) in [4.78, 5) is 0. The fourth-order valence-electron chi connectivity index (χ4n) is 3.35. The Hall–Kier alpha value is -0.160. The zero-order valence-corrected chi connectivity index (χ0v) is 15.5. The summed E-state index contributed by atoms with van der Waals surface area (Å²) in [7, 11) is 0. The molecule has 0 fully saturated rings. The molecule has 0 aromatic rings. The highest BCUT2D eigenvalue weighted by Crippen LogP contribution is 2.31. The third-order valence-electron chi connectivity index (χ3n) is 5.03. The molecule has 4 unspecified atom stereocenters. The van der Waals surface area contributed by atoms with Crippen LogP contribution in [0.1, 0.15) is 72.6 Å². The minimum Gasteiger partial charge on any atom is -0.330 e. The molecule has 0 aromatic carbocycles. The molecule has 0 aliphatic heterocycles. The molecule has 134 valence electrons. The number of unbranched alkanes of at least 4 members (excludes halogenated alkanes) is 2. The van der Waals surface area contributed by atoms with Gasteiger partial charge in [-0.25, -0.2) is 0 Å². The lowest BCUT2D eigenvalue weighted by molar-refractivity contribution is 0.191. The van der Waals surface area contributed by atoms with Crippen LogP contribution in [0.3, 0.4) is 0 Å². The molecule has 8 N–H and O–H groups in total. The molecule has 0 aliphatic carbocycles. The van der Waals surface area contributed by atoms with Crippen LogP contribution in [-0.4, -0.2) is 25.2 Å². The summed E-state index contributed by atoms with van der Waals surface area (Å²) in [6, 6.07) is 0.141. The van der Waals surface area contributed by atoms with Gasteiger partial charge in [0.2, 0.25) is 0 Å². The van der Waals surface area contributed by atoms with Crippen LogP contribution >= 0.6 is 0 Å². The number of hydrogen-bond donors (Lipinski definition) is 4. The van der Waals surface area contributed by atoms with Crippen molar-refractivity contribution in [2.75, 3.05) is 13.1 Å². The van der Waals surface area contributed by atoms with E-state index in [0.717, 1.165) is 32.4 Å².